The largest absolute Gasteiger partial charge is 0.465 e. The normalized spacial score (nSPS) is 13.7. The summed E-state index contributed by atoms with van der Waals surface area (Å²) in [6.07, 6.45) is -0.317. The van der Waals surface area contributed by atoms with Crippen LogP contribution >= 0.6 is 0 Å². The number of ether oxygens (including phenoxy) is 1. The van der Waals surface area contributed by atoms with Crippen LogP contribution in [0.3, 0.4) is 0 Å². The average Bonchev–Trinajstić information content (AvgIpc) is 2.71. The van der Waals surface area contributed by atoms with Crippen molar-refractivity contribution < 1.29 is 14.3 Å². The SMILES string of the molecule is Cc1ccc(CN(CC(C)C)CC(O)COC(C)C)o1. The summed E-state index contributed by atoms with van der Waals surface area (Å²) in [5.74, 6) is 2.41. The van der Waals surface area contributed by atoms with Gasteiger partial charge in [-0.05, 0) is 38.8 Å². The summed E-state index contributed by atoms with van der Waals surface area (Å²) in [4.78, 5) is 2.22. The van der Waals surface area contributed by atoms with E-state index in [9.17, 15) is 5.11 Å². The second-order valence-electron chi connectivity index (χ2n) is 6.14. The Bertz CT molecular complexity index is 374. The van der Waals surface area contributed by atoms with E-state index in [1.54, 1.807) is 0 Å². The Morgan fingerprint density at radius 3 is 2.40 bits per heavy atom. The smallest absolute Gasteiger partial charge is 0.118 e. The van der Waals surface area contributed by atoms with E-state index >= 15 is 0 Å². The first-order chi connectivity index (χ1) is 9.36. The number of aliphatic hydroxyl groups is 1. The van der Waals surface area contributed by atoms with Gasteiger partial charge in [0.1, 0.15) is 11.5 Å². The van der Waals surface area contributed by atoms with E-state index in [0.29, 0.717) is 19.1 Å². The van der Waals surface area contributed by atoms with Gasteiger partial charge in [0.2, 0.25) is 0 Å². The Labute approximate surface area is 122 Å². The van der Waals surface area contributed by atoms with Gasteiger partial charge in [-0.2, -0.15) is 0 Å². The predicted octanol–water partition coefficient (Wildman–Crippen LogP) is 2.83. The van der Waals surface area contributed by atoms with Gasteiger partial charge in [-0.1, -0.05) is 13.8 Å². The van der Waals surface area contributed by atoms with Crippen molar-refractivity contribution in [3.63, 3.8) is 0 Å². The van der Waals surface area contributed by atoms with Gasteiger partial charge >= 0.3 is 0 Å². The second-order valence-corrected chi connectivity index (χ2v) is 6.14. The van der Waals surface area contributed by atoms with Gasteiger partial charge in [-0.25, -0.2) is 0 Å². The highest BCUT2D eigenvalue weighted by Crippen LogP contribution is 2.12. The van der Waals surface area contributed by atoms with Crippen LogP contribution in [-0.2, 0) is 11.3 Å². The van der Waals surface area contributed by atoms with E-state index in [1.165, 1.54) is 0 Å². The fourth-order valence-corrected chi connectivity index (χ4v) is 2.16. The summed E-state index contributed by atoms with van der Waals surface area (Å²) in [5.41, 5.74) is 0. The van der Waals surface area contributed by atoms with Gasteiger partial charge in [0.05, 0.1) is 25.4 Å². The van der Waals surface area contributed by atoms with Crippen molar-refractivity contribution in [2.75, 3.05) is 19.7 Å². The lowest BCUT2D eigenvalue weighted by molar-refractivity contribution is -0.0116. The van der Waals surface area contributed by atoms with Crippen LogP contribution in [0.2, 0.25) is 0 Å². The van der Waals surface area contributed by atoms with Crippen molar-refractivity contribution in [2.24, 2.45) is 5.92 Å². The van der Waals surface area contributed by atoms with Crippen molar-refractivity contribution in [1.82, 2.24) is 4.90 Å². The zero-order valence-electron chi connectivity index (χ0n) is 13.4. The van der Waals surface area contributed by atoms with Crippen LogP contribution < -0.4 is 0 Å². The second kappa shape index (κ2) is 8.45. The van der Waals surface area contributed by atoms with Gasteiger partial charge in [-0.15, -0.1) is 0 Å². The Hall–Kier alpha value is -0.840. The lowest BCUT2D eigenvalue weighted by atomic mass is 10.2. The Morgan fingerprint density at radius 1 is 1.20 bits per heavy atom. The number of aryl methyl sites for hydroxylation is 1. The molecule has 0 bridgehead atoms. The third-order valence-electron chi connectivity index (χ3n) is 2.89. The molecule has 1 N–H and O–H groups in total. The molecule has 1 aromatic rings. The molecular formula is C16H29NO3. The van der Waals surface area contributed by atoms with Crippen LogP contribution in [0.5, 0.6) is 0 Å². The monoisotopic (exact) mass is 283 g/mol. The van der Waals surface area contributed by atoms with Crippen molar-refractivity contribution in [3.8, 4) is 0 Å². The number of rotatable bonds is 9. The molecule has 1 rings (SSSR count). The molecule has 1 aromatic heterocycles. The molecule has 1 unspecified atom stereocenters. The average molecular weight is 283 g/mol. The molecular weight excluding hydrogens is 254 g/mol. The first-order valence-corrected chi connectivity index (χ1v) is 7.44. The standard InChI is InChI=1S/C16H29NO3/c1-12(2)8-17(9-15(18)11-19-13(3)4)10-16-7-6-14(5)20-16/h6-7,12-13,15,18H,8-11H2,1-5H3. The van der Waals surface area contributed by atoms with E-state index in [-0.39, 0.29) is 6.10 Å². The number of aliphatic hydroxyl groups excluding tert-OH is 1. The highest BCUT2D eigenvalue weighted by molar-refractivity contribution is 5.05. The van der Waals surface area contributed by atoms with Crippen LogP contribution in [0.15, 0.2) is 16.5 Å². The lowest BCUT2D eigenvalue weighted by Crippen LogP contribution is -2.37. The molecule has 0 aliphatic rings. The predicted molar refractivity (Wildman–Crippen MR) is 80.7 cm³/mol. The molecule has 1 heterocycles. The summed E-state index contributed by atoms with van der Waals surface area (Å²) in [7, 11) is 0. The highest BCUT2D eigenvalue weighted by atomic mass is 16.5. The van der Waals surface area contributed by atoms with E-state index in [1.807, 2.05) is 32.9 Å². The summed E-state index contributed by atoms with van der Waals surface area (Å²) >= 11 is 0. The first-order valence-electron chi connectivity index (χ1n) is 7.44. The molecule has 0 amide bonds. The molecule has 0 aromatic carbocycles. The molecule has 0 aliphatic heterocycles. The fraction of sp³-hybridized carbons (Fsp3) is 0.750. The lowest BCUT2D eigenvalue weighted by Gasteiger charge is -2.26. The maximum Gasteiger partial charge on any atom is 0.118 e. The molecule has 1 atom stereocenters. The molecule has 4 heteroatoms. The van der Waals surface area contributed by atoms with E-state index in [4.69, 9.17) is 9.15 Å². The van der Waals surface area contributed by atoms with Crippen molar-refractivity contribution in [2.45, 2.75) is 53.4 Å². The molecule has 0 saturated heterocycles. The van der Waals surface area contributed by atoms with Gasteiger partial charge in [0.15, 0.2) is 0 Å². The molecule has 0 spiro atoms. The highest BCUT2D eigenvalue weighted by Gasteiger charge is 2.15. The van der Waals surface area contributed by atoms with Crippen LogP contribution in [-0.4, -0.2) is 41.9 Å². The summed E-state index contributed by atoms with van der Waals surface area (Å²) in [6.45, 7) is 12.9. The zero-order chi connectivity index (χ0) is 15.1. The summed E-state index contributed by atoms with van der Waals surface area (Å²) in [5, 5.41) is 10.1. The fourth-order valence-electron chi connectivity index (χ4n) is 2.16. The van der Waals surface area contributed by atoms with Gasteiger partial charge in [0.25, 0.3) is 0 Å². The van der Waals surface area contributed by atoms with Crippen LogP contribution in [0.4, 0.5) is 0 Å². The van der Waals surface area contributed by atoms with Crippen LogP contribution in [0, 0.1) is 12.8 Å². The molecule has 116 valence electrons. The third kappa shape index (κ3) is 7.08. The molecule has 0 fully saturated rings. The number of furan rings is 1. The van der Waals surface area contributed by atoms with E-state index in [2.05, 4.69) is 18.7 Å². The number of hydrogen-bond acceptors (Lipinski definition) is 4. The molecule has 0 radical (unpaired) electrons. The van der Waals surface area contributed by atoms with E-state index < -0.39 is 6.10 Å². The molecule has 0 saturated carbocycles. The van der Waals surface area contributed by atoms with Crippen LogP contribution in [0.1, 0.15) is 39.2 Å². The first kappa shape index (κ1) is 17.2. The quantitative estimate of drug-likeness (QED) is 0.757. The zero-order valence-corrected chi connectivity index (χ0v) is 13.4. The third-order valence-corrected chi connectivity index (χ3v) is 2.89. The number of nitrogens with zero attached hydrogens (tertiary/aromatic N) is 1. The van der Waals surface area contributed by atoms with Gasteiger partial charge in [-0.3, -0.25) is 4.90 Å². The topological polar surface area (TPSA) is 45.8 Å². The van der Waals surface area contributed by atoms with Crippen molar-refractivity contribution in [3.05, 3.63) is 23.7 Å². The minimum atomic E-state index is -0.466. The summed E-state index contributed by atoms with van der Waals surface area (Å²) < 4.78 is 11.1. The molecule has 0 aliphatic carbocycles. The Morgan fingerprint density at radius 2 is 1.90 bits per heavy atom. The van der Waals surface area contributed by atoms with Gasteiger partial charge in [0, 0.05) is 13.1 Å². The minimum Gasteiger partial charge on any atom is -0.465 e. The van der Waals surface area contributed by atoms with Crippen molar-refractivity contribution >= 4 is 0 Å². The Kier molecular flexibility index (Phi) is 7.27. The maximum atomic E-state index is 10.1. The van der Waals surface area contributed by atoms with E-state index in [0.717, 1.165) is 24.6 Å². The number of hydrogen-bond donors (Lipinski definition) is 1. The summed E-state index contributed by atoms with van der Waals surface area (Å²) in [6, 6.07) is 3.97. The van der Waals surface area contributed by atoms with Crippen molar-refractivity contribution in [1.29, 1.82) is 0 Å². The van der Waals surface area contributed by atoms with Gasteiger partial charge < -0.3 is 14.3 Å². The Balaban J connectivity index is 2.50. The minimum absolute atomic E-state index is 0.149. The molecule has 20 heavy (non-hydrogen) atoms. The molecule has 4 nitrogen and oxygen atoms in total. The van der Waals surface area contributed by atoms with Crippen LogP contribution in [0.25, 0.3) is 0 Å². The maximum absolute atomic E-state index is 10.1.